The summed E-state index contributed by atoms with van der Waals surface area (Å²) in [5.74, 6) is -0.596. The predicted octanol–water partition coefficient (Wildman–Crippen LogP) is 3.65. The van der Waals surface area contributed by atoms with Crippen LogP contribution in [0.3, 0.4) is 0 Å². The molecule has 0 radical (unpaired) electrons. The summed E-state index contributed by atoms with van der Waals surface area (Å²) in [7, 11) is 0. The lowest BCUT2D eigenvalue weighted by molar-refractivity contribution is -0.115. The van der Waals surface area contributed by atoms with E-state index in [1.165, 1.54) is 37.5 Å². The van der Waals surface area contributed by atoms with Crippen LogP contribution in [0.4, 0.5) is 4.39 Å². The second kappa shape index (κ2) is 11.0. The van der Waals surface area contributed by atoms with Gasteiger partial charge in [0.2, 0.25) is 5.91 Å². The van der Waals surface area contributed by atoms with Gasteiger partial charge < -0.3 is 10.0 Å². The lowest BCUT2D eigenvalue weighted by Gasteiger charge is -2.36. The van der Waals surface area contributed by atoms with Crippen LogP contribution in [-0.4, -0.2) is 40.2 Å². The van der Waals surface area contributed by atoms with Crippen LogP contribution in [0.5, 0.6) is 0 Å². The molecule has 0 aromatic heterocycles. The predicted molar refractivity (Wildman–Crippen MR) is 106 cm³/mol. The van der Waals surface area contributed by atoms with Gasteiger partial charge in [0.1, 0.15) is 5.82 Å². The molecule has 0 saturated heterocycles. The quantitative estimate of drug-likeness (QED) is 0.432. The van der Waals surface area contributed by atoms with Crippen LogP contribution in [0.15, 0.2) is 30.3 Å². The summed E-state index contributed by atoms with van der Waals surface area (Å²) >= 11 is 5.48. The third kappa shape index (κ3) is 6.84. The number of carbonyl (C=O) groups is 1. The maximum Gasteiger partial charge on any atom is 0.250 e. The summed E-state index contributed by atoms with van der Waals surface area (Å²) in [5, 5.41) is 12.2. The van der Waals surface area contributed by atoms with Gasteiger partial charge in [-0.25, -0.2) is 4.39 Å². The van der Waals surface area contributed by atoms with E-state index in [0.717, 1.165) is 37.8 Å². The third-order valence-electron chi connectivity index (χ3n) is 4.61. The van der Waals surface area contributed by atoms with E-state index in [9.17, 15) is 9.18 Å². The van der Waals surface area contributed by atoms with Crippen molar-refractivity contribution in [2.45, 2.75) is 51.0 Å². The van der Waals surface area contributed by atoms with Crippen LogP contribution in [-0.2, 0) is 4.79 Å². The van der Waals surface area contributed by atoms with Gasteiger partial charge in [-0.1, -0.05) is 31.4 Å². The summed E-state index contributed by atoms with van der Waals surface area (Å²) in [6, 6.07) is 6.29. The Morgan fingerprint density at radius 2 is 1.92 bits per heavy atom. The number of hydrogen-bond acceptors (Lipinski definition) is 3. The molecule has 0 bridgehead atoms. The molecule has 1 saturated carbocycles. The largest absolute Gasteiger partial charge is 0.396 e. The fourth-order valence-electron chi connectivity index (χ4n) is 3.20. The number of carbonyl (C=O) groups excluding carboxylic acids is 1. The topological polar surface area (TPSA) is 52.6 Å². The van der Waals surface area contributed by atoms with Crippen LogP contribution >= 0.6 is 12.2 Å². The van der Waals surface area contributed by atoms with Gasteiger partial charge in [-0.15, -0.1) is 0 Å². The number of unbranched alkanes of at least 4 members (excludes halogenated alkanes) is 1. The van der Waals surface area contributed by atoms with Gasteiger partial charge in [-0.3, -0.25) is 10.1 Å². The molecule has 142 valence electrons. The van der Waals surface area contributed by atoms with Crippen LogP contribution < -0.4 is 5.32 Å². The van der Waals surface area contributed by atoms with E-state index in [0.29, 0.717) is 11.2 Å². The van der Waals surface area contributed by atoms with E-state index in [-0.39, 0.29) is 18.3 Å². The van der Waals surface area contributed by atoms with E-state index in [4.69, 9.17) is 17.3 Å². The molecule has 4 nitrogen and oxygen atoms in total. The highest BCUT2D eigenvalue weighted by atomic mass is 32.1. The van der Waals surface area contributed by atoms with Gasteiger partial charge in [-0.05, 0) is 61.7 Å². The molecule has 2 rings (SSSR count). The first kappa shape index (κ1) is 20.5. The first-order valence-electron chi connectivity index (χ1n) is 9.26. The zero-order valence-corrected chi connectivity index (χ0v) is 15.8. The summed E-state index contributed by atoms with van der Waals surface area (Å²) < 4.78 is 12.9. The van der Waals surface area contributed by atoms with Crippen LogP contribution in [0.25, 0.3) is 6.08 Å². The Hall–Kier alpha value is -1.79. The summed E-state index contributed by atoms with van der Waals surface area (Å²) in [6.07, 6.45) is 10.4. The minimum Gasteiger partial charge on any atom is -0.396 e. The highest BCUT2D eigenvalue weighted by Crippen LogP contribution is 2.23. The van der Waals surface area contributed by atoms with Crippen molar-refractivity contribution >= 4 is 29.3 Å². The number of halogens is 1. The maximum absolute atomic E-state index is 12.9. The second-order valence-corrected chi connectivity index (χ2v) is 6.98. The van der Waals surface area contributed by atoms with Crippen LogP contribution in [0.2, 0.25) is 0 Å². The van der Waals surface area contributed by atoms with E-state index in [1.54, 1.807) is 18.2 Å². The molecule has 6 heteroatoms. The summed E-state index contributed by atoms with van der Waals surface area (Å²) in [4.78, 5) is 14.3. The maximum atomic E-state index is 12.9. The molecule has 26 heavy (non-hydrogen) atoms. The van der Waals surface area contributed by atoms with Crippen molar-refractivity contribution in [3.63, 3.8) is 0 Å². The van der Waals surface area contributed by atoms with Crippen molar-refractivity contribution in [1.82, 2.24) is 10.2 Å². The van der Waals surface area contributed by atoms with Gasteiger partial charge in [0.25, 0.3) is 0 Å². The molecule has 1 fully saturated rings. The highest BCUT2D eigenvalue weighted by Gasteiger charge is 2.23. The SMILES string of the molecule is O=C(/C=C/c1ccc(F)cc1)NC(=S)N(CCCCO)C1CCCCC1. The Morgan fingerprint density at radius 1 is 1.23 bits per heavy atom. The molecule has 1 aromatic rings. The summed E-state index contributed by atoms with van der Waals surface area (Å²) in [6.45, 7) is 0.907. The Balaban J connectivity index is 1.93. The van der Waals surface area contributed by atoms with Crippen molar-refractivity contribution in [3.05, 3.63) is 41.7 Å². The fourth-order valence-corrected chi connectivity index (χ4v) is 3.54. The Morgan fingerprint density at radius 3 is 2.58 bits per heavy atom. The first-order valence-corrected chi connectivity index (χ1v) is 9.67. The van der Waals surface area contributed by atoms with Gasteiger partial charge in [0.05, 0.1) is 0 Å². The van der Waals surface area contributed by atoms with Crippen LogP contribution in [0.1, 0.15) is 50.5 Å². The van der Waals surface area contributed by atoms with E-state index in [1.807, 2.05) is 0 Å². The Bertz CT molecular complexity index is 613. The molecular weight excluding hydrogens is 351 g/mol. The first-order chi connectivity index (χ1) is 12.6. The van der Waals surface area contributed by atoms with Crippen molar-refractivity contribution in [1.29, 1.82) is 0 Å². The monoisotopic (exact) mass is 378 g/mol. The minimum absolute atomic E-state index is 0.165. The number of nitrogens with zero attached hydrogens (tertiary/aromatic N) is 1. The molecule has 0 aliphatic heterocycles. The smallest absolute Gasteiger partial charge is 0.250 e. The molecule has 0 unspecified atom stereocenters. The van der Waals surface area contributed by atoms with E-state index in [2.05, 4.69) is 10.2 Å². The van der Waals surface area contributed by atoms with Gasteiger partial charge in [0.15, 0.2) is 5.11 Å². The van der Waals surface area contributed by atoms with Gasteiger partial charge >= 0.3 is 0 Å². The lowest BCUT2D eigenvalue weighted by atomic mass is 9.94. The Kier molecular flexibility index (Phi) is 8.71. The number of benzene rings is 1. The number of nitrogens with one attached hydrogen (secondary N) is 1. The normalized spacial score (nSPS) is 15.2. The molecule has 0 atom stereocenters. The Labute approximate surface area is 160 Å². The average molecular weight is 379 g/mol. The average Bonchev–Trinajstić information content (AvgIpc) is 2.65. The van der Waals surface area contributed by atoms with Gasteiger partial charge in [0, 0.05) is 25.3 Å². The number of rotatable bonds is 7. The fraction of sp³-hybridized carbons (Fsp3) is 0.500. The van der Waals surface area contributed by atoms with Crippen molar-refractivity contribution in [2.75, 3.05) is 13.2 Å². The molecule has 0 spiro atoms. The molecule has 1 aliphatic carbocycles. The standard InChI is InChI=1S/C20H27FN2O2S/c21-17-11-8-16(9-12-17)10-13-19(25)22-20(26)23(14-4-5-15-24)18-6-2-1-3-7-18/h8-13,18,24H,1-7,14-15H2,(H,22,25,26)/b13-10+. The molecular formula is C20H27FN2O2S. The van der Waals surface area contributed by atoms with Crippen LogP contribution in [0, 0.1) is 5.82 Å². The van der Waals surface area contributed by atoms with E-state index < -0.39 is 0 Å². The molecule has 0 heterocycles. The van der Waals surface area contributed by atoms with Gasteiger partial charge in [-0.2, -0.15) is 0 Å². The van der Waals surface area contributed by atoms with Crippen molar-refractivity contribution < 1.29 is 14.3 Å². The third-order valence-corrected chi connectivity index (χ3v) is 4.95. The second-order valence-electron chi connectivity index (χ2n) is 6.60. The number of amides is 1. The molecule has 1 aromatic carbocycles. The van der Waals surface area contributed by atoms with Crippen molar-refractivity contribution in [2.24, 2.45) is 0 Å². The molecule has 2 N–H and O–H groups in total. The van der Waals surface area contributed by atoms with Crippen molar-refractivity contribution in [3.8, 4) is 0 Å². The number of thiocarbonyl (C=S) groups is 1. The number of hydrogen-bond donors (Lipinski definition) is 2. The lowest BCUT2D eigenvalue weighted by Crippen LogP contribution is -2.48. The zero-order chi connectivity index (χ0) is 18.8. The molecule has 1 amide bonds. The molecule has 1 aliphatic rings. The summed E-state index contributed by atoms with van der Waals surface area (Å²) in [5.41, 5.74) is 0.750. The van der Waals surface area contributed by atoms with E-state index >= 15 is 0 Å². The number of aliphatic hydroxyl groups excluding tert-OH is 1. The number of aliphatic hydroxyl groups is 1. The minimum atomic E-state index is -0.307. The highest BCUT2D eigenvalue weighted by molar-refractivity contribution is 7.80. The zero-order valence-electron chi connectivity index (χ0n) is 15.0.